The van der Waals surface area contributed by atoms with E-state index < -0.39 is 5.41 Å². The van der Waals surface area contributed by atoms with Crippen LogP contribution in [-0.2, 0) is 34.5 Å². The van der Waals surface area contributed by atoms with Gasteiger partial charge in [0, 0.05) is 80.4 Å². The summed E-state index contributed by atoms with van der Waals surface area (Å²) in [4.78, 5) is 4.81. The van der Waals surface area contributed by atoms with Crippen LogP contribution in [0.2, 0.25) is 0 Å². The lowest BCUT2D eigenvalue weighted by molar-refractivity contribution is -0.433. The number of hydrogen-bond acceptors (Lipinski definition) is 2. The SMILES string of the molecule is C=C(/C=C/C(Cl)=C/C=C1/N(CC)c2ccc3ccccc3c2C1(C)C)C(C)(Cc1ccc(CC2(C)C(=CC=C(Cl)C=CC3=[N+](CC)c4ccc5ccccc5c4C3(C)C)N(C)c3ccc4ccccc4c32)cc1)c1c(C)ccc2ccccc12. The molecule has 0 radical (unpaired) electrons. The zero-order valence-corrected chi connectivity index (χ0v) is 51.9. The third kappa shape index (κ3) is 9.49. The number of rotatable bonds is 14. The number of fused-ring (bicyclic) bond motifs is 10. The lowest BCUT2D eigenvalue weighted by Gasteiger charge is -2.34. The molecule has 2 atom stereocenters. The summed E-state index contributed by atoms with van der Waals surface area (Å²) in [6, 6.07) is 62.5. The maximum Gasteiger partial charge on any atom is 0.210 e. The van der Waals surface area contributed by atoms with Crippen molar-refractivity contribution in [2.75, 3.05) is 29.9 Å². The molecule has 0 spiro atoms. The minimum Gasteiger partial charge on any atom is -0.347 e. The van der Waals surface area contributed by atoms with E-state index in [0.717, 1.165) is 31.5 Å². The molecule has 9 aromatic carbocycles. The monoisotopic (exact) mass is 1140 g/mol. The summed E-state index contributed by atoms with van der Waals surface area (Å²) < 4.78 is 2.44. The summed E-state index contributed by atoms with van der Waals surface area (Å²) >= 11 is 14.5. The minimum atomic E-state index is -0.485. The second kappa shape index (κ2) is 21.9. The molecule has 0 amide bonds. The topological polar surface area (TPSA) is 9.49 Å². The molecule has 5 heteroatoms. The fraction of sp³-hybridized carbons (Fsp3) is 0.228. The van der Waals surface area contributed by atoms with Crippen molar-refractivity contribution in [3.8, 4) is 0 Å². The fourth-order valence-corrected chi connectivity index (χ4v) is 15.2. The molecule has 12 rings (SSSR count). The van der Waals surface area contributed by atoms with Gasteiger partial charge in [-0.05, 0) is 191 Å². The molecule has 9 aromatic rings. The van der Waals surface area contributed by atoms with Crippen molar-refractivity contribution in [1.82, 2.24) is 0 Å². The number of anilines is 2. The first-order valence-electron chi connectivity index (χ1n) is 29.9. The summed E-state index contributed by atoms with van der Waals surface area (Å²) in [6.45, 7) is 27.4. The molecule has 0 fully saturated rings. The maximum absolute atomic E-state index is 7.29. The molecule has 3 heterocycles. The highest BCUT2D eigenvalue weighted by molar-refractivity contribution is 6.32. The molecular formula is C79H76Cl2N3+. The third-order valence-electron chi connectivity index (χ3n) is 19.1. The van der Waals surface area contributed by atoms with Gasteiger partial charge in [0.2, 0.25) is 5.69 Å². The van der Waals surface area contributed by atoms with Crippen molar-refractivity contribution in [2.45, 2.75) is 96.8 Å². The van der Waals surface area contributed by atoms with E-state index in [0.29, 0.717) is 10.1 Å². The van der Waals surface area contributed by atoms with Crippen molar-refractivity contribution < 1.29 is 4.58 Å². The van der Waals surface area contributed by atoms with Gasteiger partial charge in [-0.25, -0.2) is 0 Å². The highest BCUT2D eigenvalue weighted by Crippen LogP contribution is 2.54. The molecule has 2 unspecified atom stereocenters. The van der Waals surface area contributed by atoms with Gasteiger partial charge < -0.3 is 9.80 Å². The summed E-state index contributed by atoms with van der Waals surface area (Å²) in [5, 5.41) is 11.4. The second-order valence-corrected chi connectivity index (χ2v) is 25.8. The lowest BCUT2D eigenvalue weighted by atomic mass is 9.69. The lowest BCUT2D eigenvalue weighted by Crippen LogP contribution is -2.29. The molecule has 0 saturated carbocycles. The van der Waals surface area contributed by atoms with E-state index in [1.54, 1.807) is 0 Å². The van der Waals surface area contributed by atoms with Crippen molar-refractivity contribution in [3.05, 3.63) is 291 Å². The largest absolute Gasteiger partial charge is 0.347 e. The highest BCUT2D eigenvalue weighted by Gasteiger charge is 2.46. The second-order valence-electron chi connectivity index (χ2n) is 24.9. The standard InChI is InChI=1S/C79H76Cl2N3/c1-12-83-67-45-38-57-23-15-19-27-63(57)73(67)76(5,6)69(83)47-41-60(80)40-31-53(4)78(9,72-52(3)30-36-56-22-14-18-26-62(56)72)50-54-32-34-55(35-33-54)51-79(10)71(82(11)66-44-37-59-25-17-21-29-65(59)75(66)79)49-43-61(81)42-48-70-77(7,8)74-64-28-20-16-24-58(64)39-46-68(74)84(70)13-2/h14-49H,4,12-13,50-51H2,1-3,5-11H3/q+1/b40-31+,60-41-,69-47+. The van der Waals surface area contributed by atoms with Crippen molar-refractivity contribution in [2.24, 2.45) is 0 Å². The van der Waals surface area contributed by atoms with Crippen LogP contribution in [0.1, 0.15) is 94.3 Å². The molecule has 0 aromatic heterocycles. The number of nitrogens with zero attached hydrogens (tertiary/aromatic N) is 3. The zero-order valence-electron chi connectivity index (χ0n) is 50.4. The Morgan fingerprint density at radius 2 is 1.07 bits per heavy atom. The molecule has 420 valence electrons. The predicted octanol–water partition coefficient (Wildman–Crippen LogP) is 20.7. The molecule has 0 saturated heterocycles. The molecule has 0 bridgehead atoms. The average molecular weight is 1140 g/mol. The number of allylic oxidation sites excluding steroid dienone is 13. The van der Waals surface area contributed by atoms with E-state index in [2.05, 4.69) is 296 Å². The molecule has 3 aliphatic heterocycles. The number of halogens is 2. The Bertz CT molecular complexity index is 4390. The van der Waals surface area contributed by atoms with Gasteiger partial charge in [-0.15, -0.1) is 0 Å². The predicted molar refractivity (Wildman–Crippen MR) is 363 cm³/mol. The molecule has 84 heavy (non-hydrogen) atoms. The number of aryl methyl sites for hydroxylation is 1. The first kappa shape index (κ1) is 56.5. The molecule has 0 N–H and O–H groups in total. The summed E-state index contributed by atoms with van der Waals surface area (Å²) in [5.74, 6) is 0. The summed E-state index contributed by atoms with van der Waals surface area (Å²) in [5.41, 5.74) is 16.2. The van der Waals surface area contributed by atoms with Gasteiger partial charge in [0.05, 0.1) is 5.41 Å². The highest BCUT2D eigenvalue weighted by atomic mass is 35.5. The Morgan fingerprint density at radius 1 is 0.560 bits per heavy atom. The van der Waals surface area contributed by atoms with Gasteiger partial charge in [-0.2, -0.15) is 4.58 Å². The van der Waals surface area contributed by atoms with E-state index in [1.165, 1.54) is 116 Å². The summed E-state index contributed by atoms with van der Waals surface area (Å²) in [6.07, 6.45) is 18.7. The van der Waals surface area contributed by atoms with Crippen LogP contribution < -0.4 is 9.80 Å². The van der Waals surface area contributed by atoms with Gasteiger partial charge >= 0.3 is 0 Å². The van der Waals surface area contributed by atoms with E-state index >= 15 is 0 Å². The van der Waals surface area contributed by atoms with Crippen molar-refractivity contribution in [1.29, 1.82) is 0 Å². The summed E-state index contributed by atoms with van der Waals surface area (Å²) in [7, 11) is 2.21. The molecule has 3 nitrogen and oxygen atoms in total. The van der Waals surface area contributed by atoms with Crippen LogP contribution in [0.15, 0.2) is 252 Å². The van der Waals surface area contributed by atoms with Crippen molar-refractivity contribution in [3.63, 3.8) is 0 Å². The normalized spacial score (nSPS) is 19.3. The maximum atomic E-state index is 7.29. The Labute approximate surface area is 508 Å². The first-order chi connectivity index (χ1) is 40.4. The van der Waals surface area contributed by atoms with Crippen LogP contribution in [0.3, 0.4) is 0 Å². The number of benzene rings is 9. The molecular weight excluding hydrogens is 1060 g/mol. The molecule has 3 aliphatic rings. The first-order valence-corrected chi connectivity index (χ1v) is 30.7. The van der Waals surface area contributed by atoms with E-state index in [1.807, 2.05) is 6.08 Å². The van der Waals surface area contributed by atoms with E-state index in [4.69, 9.17) is 29.8 Å². The molecule has 0 aliphatic carbocycles. The number of likely N-dealkylation sites (N-methyl/N-ethyl adjacent to an activating group) is 2. The van der Waals surface area contributed by atoms with E-state index in [-0.39, 0.29) is 16.2 Å². The van der Waals surface area contributed by atoms with Crippen LogP contribution in [-0.4, -0.2) is 30.4 Å². The number of hydrogen-bond donors (Lipinski definition) is 0. The third-order valence-corrected chi connectivity index (χ3v) is 19.6. The van der Waals surface area contributed by atoms with Crippen LogP contribution >= 0.6 is 23.2 Å². The minimum absolute atomic E-state index is 0.209. The smallest absolute Gasteiger partial charge is 0.210 e. The Hall–Kier alpha value is -7.95. The van der Waals surface area contributed by atoms with Gasteiger partial charge in [0.1, 0.15) is 6.54 Å². The Morgan fingerprint density at radius 3 is 1.69 bits per heavy atom. The average Bonchev–Trinajstić information content (AvgIpc) is 2.19. The fourth-order valence-electron chi connectivity index (χ4n) is 15.0. The van der Waals surface area contributed by atoms with Gasteiger partial charge in [0.15, 0.2) is 5.71 Å². The van der Waals surface area contributed by atoms with Crippen LogP contribution in [0.4, 0.5) is 17.1 Å². The quantitative estimate of drug-likeness (QED) is 0.0793. The van der Waals surface area contributed by atoms with Crippen LogP contribution in [0, 0.1) is 6.92 Å². The van der Waals surface area contributed by atoms with Crippen molar-refractivity contribution >= 4 is 89.1 Å². The van der Waals surface area contributed by atoms with Crippen LogP contribution in [0.25, 0.3) is 43.1 Å². The van der Waals surface area contributed by atoms with Crippen LogP contribution in [0.5, 0.6) is 0 Å². The Kier molecular flexibility index (Phi) is 14.7. The Balaban J connectivity index is 0.857. The van der Waals surface area contributed by atoms with Gasteiger partial charge in [-0.3, -0.25) is 0 Å². The van der Waals surface area contributed by atoms with Gasteiger partial charge in [0.25, 0.3) is 0 Å². The van der Waals surface area contributed by atoms with E-state index in [9.17, 15) is 0 Å². The zero-order chi connectivity index (χ0) is 58.9. The van der Waals surface area contributed by atoms with Gasteiger partial charge in [-0.1, -0.05) is 202 Å².